The number of sulfonamides is 1. The molecule has 1 aliphatic rings. The minimum absolute atomic E-state index is 0.0919. The standard InChI is InChI=1S/C14H14FNO6S/c15-10-2-3-11(9-4-7-21-12(9)10)23(19,20)16-8-14(13(17)18)5-1-6-22-14/h2-4,7,16H,1,5-6,8H2,(H,17,18). The molecule has 1 aromatic carbocycles. The summed E-state index contributed by atoms with van der Waals surface area (Å²) in [6, 6.07) is 3.43. The number of carboxylic acids is 1. The van der Waals surface area contributed by atoms with Crippen LogP contribution < -0.4 is 4.72 Å². The van der Waals surface area contributed by atoms with Crippen LogP contribution in [0.3, 0.4) is 0 Å². The molecule has 23 heavy (non-hydrogen) atoms. The summed E-state index contributed by atoms with van der Waals surface area (Å²) in [5, 5.41) is 9.37. The molecule has 2 heterocycles. The van der Waals surface area contributed by atoms with E-state index in [9.17, 15) is 22.7 Å². The van der Waals surface area contributed by atoms with Gasteiger partial charge in [0, 0.05) is 12.0 Å². The van der Waals surface area contributed by atoms with E-state index < -0.39 is 34.0 Å². The summed E-state index contributed by atoms with van der Waals surface area (Å²) in [4.78, 5) is 11.2. The number of rotatable bonds is 5. The third kappa shape index (κ3) is 2.71. The van der Waals surface area contributed by atoms with Crippen molar-refractivity contribution in [3.63, 3.8) is 0 Å². The number of hydrogen-bond acceptors (Lipinski definition) is 5. The number of benzene rings is 1. The van der Waals surface area contributed by atoms with Gasteiger partial charge in [-0.25, -0.2) is 22.3 Å². The maximum Gasteiger partial charge on any atom is 0.337 e. The lowest BCUT2D eigenvalue weighted by Gasteiger charge is -2.23. The molecule has 1 atom stereocenters. The number of furan rings is 1. The topological polar surface area (TPSA) is 106 Å². The van der Waals surface area contributed by atoms with E-state index in [0.29, 0.717) is 6.42 Å². The minimum Gasteiger partial charge on any atom is -0.479 e. The highest BCUT2D eigenvalue weighted by atomic mass is 32.2. The minimum atomic E-state index is -4.05. The Hall–Kier alpha value is -1.97. The summed E-state index contributed by atoms with van der Waals surface area (Å²) in [5.74, 6) is -1.89. The van der Waals surface area contributed by atoms with Crippen molar-refractivity contribution >= 4 is 27.0 Å². The molecule has 124 valence electrons. The molecular formula is C14H14FNO6S. The predicted octanol–water partition coefficient (Wildman–Crippen LogP) is 1.48. The van der Waals surface area contributed by atoms with Crippen molar-refractivity contribution in [2.45, 2.75) is 23.3 Å². The molecule has 0 bridgehead atoms. The molecular weight excluding hydrogens is 329 g/mol. The van der Waals surface area contributed by atoms with Gasteiger partial charge in [-0.05, 0) is 31.0 Å². The number of ether oxygens (including phenoxy) is 1. The first-order valence-electron chi connectivity index (χ1n) is 6.88. The van der Waals surface area contributed by atoms with E-state index >= 15 is 0 Å². The monoisotopic (exact) mass is 343 g/mol. The van der Waals surface area contributed by atoms with Gasteiger partial charge >= 0.3 is 5.97 Å². The Morgan fingerprint density at radius 3 is 2.83 bits per heavy atom. The highest BCUT2D eigenvalue weighted by molar-refractivity contribution is 7.89. The molecule has 0 amide bonds. The van der Waals surface area contributed by atoms with Gasteiger partial charge in [0.25, 0.3) is 0 Å². The molecule has 2 N–H and O–H groups in total. The van der Waals surface area contributed by atoms with E-state index in [1.165, 1.54) is 12.3 Å². The number of hydrogen-bond donors (Lipinski definition) is 2. The Morgan fingerprint density at radius 2 is 2.17 bits per heavy atom. The molecule has 1 unspecified atom stereocenters. The van der Waals surface area contributed by atoms with Crippen LogP contribution in [0.4, 0.5) is 4.39 Å². The Kier molecular flexibility index (Phi) is 3.86. The van der Waals surface area contributed by atoms with Gasteiger partial charge in [-0.1, -0.05) is 0 Å². The Morgan fingerprint density at radius 1 is 1.39 bits per heavy atom. The molecule has 2 aromatic rings. The van der Waals surface area contributed by atoms with E-state index in [-0.39, 0.29) is 28.9 Å². The highest BCUT2D eigenvalue weighted by Crippen LogP contribution is 2.28. The maximum absolute atomic E-state index is 13.6. The molecule has 3 rings (SSSR count). The lowest BCUT2D eigenvalue weighted by atomic mass is 10.0. The van der Waals surface area contributed by atoms with Crippen LogP contribution in [0.15, 0.2) is 33.8 Å². The number of fused-ring (bicyclic) bond motifs is 1. The van der Waals surface area contributed by atoms with Crippen molar-refractivity contribution in [3.8, 4) is 0 Å². The molecule has 0 saturated carbocycles. The van der Waals surface area contributed by atoms with Crippen LogP contribution >= 0.6 is 0 Å². The number of carbonyl (C=O) groups is 1. The van der Waals surface area contributed by atoms with Crippen LogP contribution in [0, 0.1) is 5.82 Å². The molecule has 9 heteroatoms. The molecule has 0 spiro atoms. The van der Waals surface area contributed by atoms with Crippen molar-refractivity contribution in [3.05, 3.63) is 30.3 Å². The van der Waals surface area contributed by atoms with Crippen LogP contribution in [0.1, 0.15) is 12.8 Å². The van der Waals surface area contributed by atoms with Gasteiger partial charge in [0.2, 0.25) is 10.0 Å². The van der Waals surface area contributed by atoms with Gasteiger partial charge < -0.3 is 14.3 Å². The van der Waals surface area contributed by atoms with Gasteiger partial charge in [-0.3, -0.25) is 0 Å². The lowest BCUT2D eigenvalue weighted by molar-refractivity contribution is -0.159. The van der Waals surface area contributed by atoms with Crippen molar-refractivity contribution in [2.75, 3.05) is 13.2 Å². The fourth-order valence-electron chi connectivity index (χ4n) is 2.61. The zero-order chi connectivity index (χ0) is 16.7. The molecule has 1 aromatic heterocycles. The maximum atomic E-state index is 13.6. The fourth-order valence-corrected chi connectivity index (χ4v) is 3.88. The van der Waals surface area contributed by atoms with Gasteiger partial charge in [0.05, 0.1) is 17.7 Å². The van der Waals surface area contributed by atoms with E-state index in [1.807, 2.05) is 0 Å². The average molecular weight is 343 g/mol. The molecule has 1 aliphatic heterocycles. The number of nitrogens with one attached hydrogen (secondary N) is 1. The van der Waals surface area contributed by atoms with E-state index in [1.54, 1.807) is 0 Å². The van der Waals surface area contributed by atoms with E-state index in [2.05, 4.69) is 4.72 Å². The van der Waals surface area contributed by atoms with Gasteiger partial charge in [-0.2, -0.15) is 0 Å². The van der Waals surface area contributed by atoms with Crippen LogP contribution in [-0.2, 0) is 19.6 Å². The Labute approximate surface area is 131 Å². The summed E-state index contributed by atoms with van der Waals surface area (Å²) in [6.07, 6.45) is 1.94. The quantitative estimate of drug-likeness (QED) is 0.852. The molecule has 7 nitrogen and oxygen atoms in total. The largest absolute Gasteiger partial charge is 0.479 e. The summed E-state index contributed by atoms with van der Waals surface area (Å²) in [6.45, 7) is -0.141. The van der Waals surface area contributed by atoms with Crippen LogP contribution in [0.5, 0.6) is 0 Å². The van der Waals surface area contributed by atoms with Crippen LogP contribution in [0.25, 0.3) is 11.0 Å². The number of carboxylic acid groups (broad SMARTS) is 1. The molecule has 0 aliphatic carbocycles. The molecule has 0 radical (unpaired) electrons. The fraction of sp³-hybridized carbons (Fsp3) is 0.357. The highest BCUT2D eigenvalue weighted by Gasteiger charge is 2.43. The summed E-state index contributed by atoms with van der Waals surface area (Å²) in [5.41, 5.74) is -1.74. The smallest absolute Gasteiger partial charge is 0.337 e. The predicted molar refractivity (Wildman–Crippen MR) is 76.9 cm³/mol. The van der Waals surface area contributed by atoms with E-state index in [4.69, 9.17) is 9.15 Å². The van der Waals surface area contributed by atoms with Crippen LogP contribution in [-0.4, -0.2) is 38.2 Å². The van der Waals surface area contributed by atoms with Crippen molar-refractivity contribution in [1.82, 2.24) is 4.72 Å². The average Bonchev–Trinajstić information content (AvgIpc) is 3.16. The van der Waals surface area contributed by atoms with Crippen molar-refractivity contribution in [1.29, 1.82) is 0 Å². The first-order chi connectivity index (χ1) is 10.9. The van der Waals surface area contributed by atoms with Crippen molar-refractivity contribution in [2.24, 2.45) is 0 Å². The van der Waals surface area contributed by atoms with Gasteiger partial charge in [-0.15, -0.1) is 0 Å². The summed E-state index contributed by atoms with van der Waals surface area (Å²) >= 11 is 0. The zero-order valence-electron chi connectivity index (χ0n) is 11.9. The molecule has 1 fully saturated rings. The van der Waals surface area contributed by atoms with Gasteiger partial charge in [0.1, 0.15) is 0 Å². The molecule has 1 saturated heterocycles. The lowest BCUT2D eigenvalue weighted by Crippen LogP contribution is -2.48. The second-order valence-electron chi connectivity index (χ2n) is 5.28. The second kappa shape index (κ2) is 5.59. The Bertz CT molecular complexity index is 853. The summed E-state index contributed by atoms with van der Waals surface area (Å²) < 4.78 is 50.9. The second-order valence-corrected chi connectivity index (χ2v) is 7.02. The zero-order valence-corrected chi connectivity index (χ0v) is 12.7. The first kappa shape index (κ1) is 15.9. The normalized spacial score (nSPS) is 21.8. The van der Waals surface area contributed by atoms with Crippen molar-refractivity contribution < 1.29 is 31.9 Å². The Balaban J connectivity index is 1.91. The SMILES string of the molecule is O=C(O)C1(CNS(=O)(=O)c2ccc(F)c3occc23)CCCO1. The third-order valence-electron chi connectivity index (χ3n) is 3.86. The van der Waals surface area contributed by atoms with Gasteiger partial charge in [0.15, 0.2) is 17.0 Å². The number of halogens is 1. The van der Waals surface area contributed by atoms with Crippen LogP contribution in [0.2, 0.25) is 0 Å². The third-order valence-corrected chi connectivity index (χ3v) is 5.32. The number of aliphatic carboxylic acids is 1. The van der Waals surface area contributed by atoms with E-state index in [0.717, 1.165) is 12.1 Å². The summed E-state index contributed by atoms with van der Waals surface area (Å²) in [7, 11) is -4.05. The first-order valence-corrected chi connectivity index (χ1v) is 8.37.